The number of piperidine rings is 1. The minimum Gasteiger partial charge on any atom is -0.382 e. The third-order valence-corrected chi connectivity index (χ3v) is 4.59. The summed E-state index contributed by atoms with van der Waals surface area (Å²) in [6.45, 7) is 8.30. The van der Waals surface area contributed by atoms with Crippen LogP contribution in [0.15, 0.2) is 24.3 Å². The summed E-state index contributed by atoms with van der Waals surface area (Å²) in [6.07, 6.45) is 2.70. The lowest BCUT2D eigenvalue weighted by Crippen LogP contribution is -2.41. The molecule has 1 fully saturated rings. The van der Waals surface area contributed by atoms with E-state index in [1.54, 1.807) is 0 Å². The molecule has 0 radical (unpaired) electrons. The maximum absolute atomic E-state index is 3.67. The van der Waals surface area contributed by atoms with Crippen molar-refractivity contribution in [1.29, 1.82) is 0 Å². The van der Waals surface area contributed by atoms with E-state index in [-0.39, 0.29) is 0 Å². The van der Waals surface area contributed by atoms with Crippen LogP contribution in [0.3, 0.4) is 0 Å². The Bertz CT molecular complexity index is 381. The fourth-order valence-electron chi connectivity index (χ4n) is 2.75. The van der Waals surface area contributed by atoms with E-state index in [0.717, 1.165) is 5.92 Å². The molecular weight excluding hydrogens is 335 g/mol. The normalized spacial score (nSPS) is 22.7. The van der Waals surface area contributed by atoms with Crippen LogP contribution in [0.4, 0.5) is 5.69 Å². The quantitative estimate of drug-likeness (QED) is 0.824. The summed E-state index contributed by atoms with van der Waals surface area (Å²) in [7, 11) is 0. The maximum atomic E-state index is 3.67. The van der Waals surface area contributed by atoms with Crippen LogP contribution in [-0.4, -0.2) is 30.6 Å². The monoisotopic (exact) mass is 358 g/mol. The highest BCUT2D eigenvalue weighted by atomic mass is 127. The molecule has 1 aromatic carbocycles. The average Bonchev–Trinajstić information content (AvgIpc) is 2.39. The van der Waals surface area contributed by atoms with Gasteiger partial charge in [0, 0.05) is 21.8 Å². The van der Waals surface area contributed by atoms with E-state index in [1.807, 2.05) is 0 Å². The Morgan fingerprint density at radius 1 is 1.50 bits per heavy atom. The molecule has 0 bridgehead atoms. The fraction of sp³-hybridized carbons (Fsp3) is 0.600. The highest BCUT2D eigenvalue weighted by Gasteiger charge is 2.23. The second-order valence-corrected chi connectivity index (χ2v) is 6.48. The first kappa shape index (κ1) is 14.1. The number of benzene rings is 1. The minimum atomic E-state index is 0.553. The molecule has 2 atom stereocenters. The number of nitrogens with zero attached hydrogens (tertiary/aromatic N) is 1. The second-order valence-electron chi connectivity index (χ2n) is 5.24. The van der Waals surface area contributed by atoms with Crippen molar-refractivity contribution in [1.82, 2.24) is 4.90 Å². The van der Waals surface area contributed by atoms with Crippen LogP contribution in [0.1, 0.15) is 26.7 Å². The van der Waals surface area contributed by atoms with Crippen LogP contribution in [0.2, 0.25) is 0 Å². The van der Waals surface area contributed by atoms with Crippen molar-refractivity contribution in [2.75, 3.05) is 25.0 Å². The number of anilines is 1. The van der Waals surface area contributed by atoms with E-state index in [4.69, 9.17) is 0 Å². The molecule has 1 N–H and O–H groups in total. The van der Waals surface area contributed by atoms with Gasteiger partial charge in [-0.25, -0.2) is 0 Å². The molecule has 2 unspecified atom stereocenters. The van der Waals surface area contributed by atoms with E-state index in [1.165, 1.54) is 41.7 Å². The zero-order valence-electron chi connectivity index (χ0n) is 11.3. The van der Waals surface area contributed by atoms with Gasteiger partial charge in [0.05, 0.1) is 0 Å². The zero-order chi connectivity index (χ0) is 13.0. The first-order chi connectivity index (χ1) is 8.69. The predicted molar refractivity (Wildman–Crippen MR) is 87.1 cm³/mol. The Balaban J connectivity index is 1.93. The molecule has 2 nitrogen and oxygen atoms in total. The number of hydrogen-bond acceptors (Lipinski definition) is 2. The number of hydrogen-bond donors (Lipinski definition) is 1. The Labute approximate surface area is 124 Å². The van der Waals surface area contributed by atoms with E-state index >= 15 is 0 Å². The largest absolute Gasteiger partial charge is 0.382 e. The highest BCUT2D eigenvalue weighted by molar-refractivity contribution is 14.1. The van der Waals surface area contributed by atoms with Crippen molar-refractivity contribution >= 4 is 28.3 Å². The topological polar surface area (TPSA) is 15.3 Å². The van der Waals surface area contributed by atoms with E-state index in [0.29, 0.717) is 6.04 Å². The van der Waals surface area contributed by atoms with Gasteiger partial charge in [0.25, 0.3) is 0 Å². The number of rotatable bonds is 4. The first-order valence-electron chi connectivity index (χ1n) is 6.93. The lowest BCUT2D eigenvalue weighted by Gasteiger charge is -2.35. The molecule has 1 aromatic rings. The lowest BCUT2D eigenvalue weighted by molar-refractivity contribution is 0.172. The molecule has 0 saturated carbocycles. The number of halogens is 1. The van der Waals surface area contributed by atoms with Crippen LogP contribution in [-0.2, 0) is 0 Å². The van der Waals surface area contributed by atoms with Gasteiger partial charge in [0.1, 0.15) is 0 Å². The molecule has 0 spiro atoms. The third kappa shape index (κ3) is 3.85. The van der Waals surface area contributed by atoms with E-state index in [9.17, 15) is 0 Å². The summed E-state index contributed by atoms with van der Waals surface area (Å²) >= 11 is 2.37. The van der Waals surface area contributed by atoms with Gasteiger partial charge in [-0.15, -0.1) is 0 Å². The molecule has 100 valence electrons. The van der Waals surface area contributed by atoms with Crippen LogP contribution < -0.4 is 5.32 Å². The molecule has 0 aliphatic carbocycles. The molecule has 2 rings (SSSR count). The molecule has 1 aliphatic heterocycles. The van der Waals surface area contributed by atoms with Gasteiger partial charge < -0.3 is 10.2 Å². The third-order valence-electron chi connectivity index (χ3n) is 3.92. The van der Waals surface area contributed by atoms with Gasteiger partial charge in [-0.3, -0.25) is 0 Å². The highest BCUT2D eigenvalue weighted by Crippen LogP contribution is 2.22. The summed E-state index contributed by atoms with van der Waals surface area (Å²) in [5.74, 6) is 0.775. The van der Waals surface area contributed by atoms with Gasteiger partial charge >= 0.3 is 0 Å². The molecule has 0 aromatic heterocycles. The Hall–Kier alpha value is -0.290. The van der Waals surface area contributed by atoms with E-state index in [2.05, 4.69) is 70.9 Å². The van der Waals surface area contributed by atoms with Crippen molar-refractivity contribution in [3.8, 4) is 0 Å². The zero-order valence-corrected chi connectivity index (χ0v) is 13.5. The molecule has 3 heteroatoms. The molecule has 0 amide bonds. The summed E-state index contributed by atoms with van der Waals surface area (Å²) < 4.78 is 1.30. The Morgan fingerprint density at radius 2 is 2.33 bits per heavy atom. The number of nitrogens with one attached hydrogen (secondary N) is 1. The van der Waals surface area contributed by atoms with Gasteiger partial charge in [-0.1, -0.05) is 13.0 Å². The minimum absolute atomic E-state index is 0.553. The average molecular weight is 358 g/mol. The van der Waals surface area contributed by atoms with Gasteiger partial charge in [-0.05, 0) is 79.6 Å². The van der Waals surface area contributed by atoms with Gasteiger partial charge in [0.15, 0.2) is 0 Å². The molecule has 1 aliphatic rings. The SMILES string of the molecule is CCN1CCCC(C(C)Nc2cccc(I)c2)C1. The van der Waals surface area contributed by atoms with E-state index < -0.39 is 0 Å². The van der Waals surface area contributed by atoms with Gasteiger partial charge in [0.2, 0.25) is 0 Å². The van der Waals surface area contributed by atoms with Crippen LogP contribution in [0.5, 0.6) is 0 Å². The lowest BCUT2D eigenvalue weighted by atomic mass is 9.91. The molecular formula is C15H23IN2. The summed E-state index contributed by atoms with van der Waals surface area (Å²) in [5, 5.41) is 3.67. The Morgan fingerprint density at radius 3 is 3.06 bits per heavy atom. The maximum Gasteiger partial charge on any atom is 0.0352 e. The van der Waals surface area contributed by atoms with Crippen LogP contribution >= 0.6 is 22.6 Å². The van der Waals surface area contributed by atoms with Crippen molar-refractivity contribution < 1.29 is 0 Å². The van der Waals surface area contributed by atoms with Crippen LogP contribution in [0.25, 0.3) is 0 Å². The molecule has 1 saturated heterocycles. The van der Waals surface area contributed by atoms with Gasteiger partial charge in [-0.2, -0.15) is 0 Å². The van der Waals surface area contributed by atoms with Crippen molar-refractivity contribution in [3.05, 3.63) is 27.8 Å². The predicted octanol–water partition coefficient (Wildman–Crippen LogP) is 3.82. The second kappa shape index (κ2) is 6.75. The fourth-order valence-corrected chi connectivity index (χ4v) is 3.29. The molecule has 1 heterocycles. The summed E-state index contributed by atoms with van der Waals surface area (Å²) in [5.41, 5.74) is 1.25. The van der Waals surface area contributed by atoms with Crippen molar-refractivity contribution in [2.24, 2.45) is 5.92 Å². The Kier molecular flexibility index (Phi) is 5.30. The van der Waals surface area contributed by atoms with Crippen LogP contribution in [0, 0.1) is 9.49 Å². The smallest absolute Gasteiger partial charge is 0.0352 e. The standard InChI is InChI=1S/C15H23IN2/c1-3-18-9-5-6-13(11-18)12(2)17-15-8-4-7-14(16)10-15/h4,7-8,10,12-13,17H,3,5-6,9,11H2,1-2H3. The number of likely N-dealkylation sites (tertiary alicyclic amines) is 1. The van der Waals surface area contributed by atoms with Crippen molar-refractivity contribution in [2.45, 2.75) is 32.7 Å². The summed E-state index contributed by atoms with van der Waals surface area (Å²) in [6, 6.07) is 9.19. The van der Waals surface area contributed by atoms with Crippen molar-refractivity contribution in [3.63, 3.8) is 0 Å². The first-order valence-corrected chi connectivity index (χ1v) is 8.01. The summed E-state index contributed by atoms with van der Waals surface area (Å²) in [4.78, 5) is 2.57. The molecule has 18 heavy (non-hydrogen) atoms.